The van der Waals surface area contributed by atoms with E-state index in [4.69, 9.17) is 17.3 Å². The molecule has 1 aliphatic rings. The van der Waals surface area contributed by atoms with E-state index in [-0.39, 0.29) is 5.28 Å². The van der Waals surface area contributed by atoms with Crippen molar-refractivity contribution < 1.29 is 0 Å². The summed E-state index contributed by atoms with van der Waals surface area (Å²) in [6.07, 6.45) is 1.99. The summed E-state index contributed by atoms with van der Waals surface area (Å²) >= 11 is 5.97. The lowest BCUT2D eigenvalue weighted by atomic mass is 10.0. The fourth-order valence-electron chi connectivity index (χ4n) is 2.65. The number of benzene rings is 1. The van der Waals surface area contributed by atoms with Gasteiger partial charge >= 0.3 is 0 Å². The van der Waals surface area contributed by atoms with Crippen LogP contribution in [0.4, 0.5) is 11.5 Å². The van der Waals surface area contributed by atoms with Crippen LogP contribution in [-0.2, 0) is 12.8 Å². The Hall–Kier alpha value is -1.81. The zero-order chi connectivity index (χ0) is 14.1. The van der Waals surface area contributed by atoms with Crippen LogP contribution in [0.2, 0.25) is 5.28 Å². The molecule has 0 atom stereocenters. The molecule has 0 unspecified atom stereocenters. The van der Waals surface area contributed by atoms with Crippen LogP contribution in [0.1, 0.15) is 16.8 Å². The van der Waals surface area contributed by atoms with Gasteiger partial charge in [-0.3, -0.25) is 0 Å². The van der Waals surface area contributed by atoms with E-state index in [1.54, 1.807) is 0 Å². The van der Waals surface area contributed by atoms with Gasteiger partial charge in [-0.2, -0.15) is 4.98 Å². The van der Waals surface area contributed by atoms with Crippen LogP contribution >= 0.6 is 11.6 Å². The van der Waals surface area contributed by atoms with Gasteiger partial charge in [-0.25, -0.2) is 4.98 Å². The molecule has 2 heterocycles. The van der Waals surface area contributed by atoms with E-state index in [0.29, 0.717) is 5.69 Å². The number of anilines is 2. The molecule has 1 aliphatic heterocycles. The van der Waals surface area contributed by atoms with Crippen LogP contribution in [0.25, 0.3) is 0 Å². The molecule has 0 bridgehead atoms. The third-order valence-corrected chi connectivity index (χ3v) is 3.98. The van der Waals surface area contributed by atoms with Gasteiger partial charge in [0.2, 0.25) is 5.28 Å². The number of aromatic nitrogens is 2. The number of hydrogen-bond acceptors (Lipinski definition) is 4. The molecule has 0 saturated carbocycles. The molecule has 20 heavy (non-hydrogen) atoms. The molecule has 1 aromatic heterocycles. The number of hydrogen-bond donors (Lipinski definition) is 1. The number of halogens is 1. The lowest BCUT2D eigenvalue weighted by Crippen LogP contribution is -2.28. The van der Waals surface area contributed by atoms with Crippen molar-refractivity contribution in [3.05, 3.63) is 46.4 Å². The molecule has 3 rings (SSSR count). The number of rotatable bonds is 1. The van der Waals surface area contributed by atoms with Crippen molar-refractivity contribution in [1.82, 2.24) is 9.97 Å². The minimum Gasteiger partial charge on any atom is -0.394 e. The molecule has 104 valence electrons. The summed E-state index contributed by atoms with van der Waals surface area (Å²) in [4.78, 5) is 10.6. The predicted octanol–water partition coefficient (Wildman–Crippen LogP) is 2.63. The van der Waals surface area contributed by atoms with Gasteiger partial charge in [0, 0.05) is 13.1 Å². The molecule has 0 aliphatic carbocycles. The Kier molecular flexibility index (Phi) is 3.49. The molecule has 1 aromatic carbocycles. The van der Waals surface area contributed by atoms with Gasteiger partial charge in [0.25, 0.3) is 0 Å². The molecule has 0 fully saturated rings. The van der Waals surface area contributed by atoms with Crippen LogP contribution < -0.4 is 10.6 Å². The molecule has 4 nitrogen and oxygen atoms in total. The fourth-order valence-corrected chi connectivity index (χ4v) is 2.86. The van der Waals surface area contributed by atoms with E-state index in [0.717, 1.165) is 37.4 Å². The van der Waals surface area contributed by atoms with Gasteiger partial charge in [-0.15, -0.1) is 0 Å². The van der Waals surface area contributed by atoms with Crippen LogP contribution in [0.3, 0.4) is 0 Å². The van der Waals surface area contributed by atoms with Gasteiger partial charge < -0.3 is 10.6 Å². The minimum absolute atomic E-state index is 0.258. The first-order valence-electron chi connectivity index (χ1n) is 6.76. The van der Waals surface area contributed by atoms with E-state index in [9.17, 15) is 0 Å². The van der Waals surface area contributed by atoms with Gasteiger partial charge in [0.15, 0.2) is 5.82 Å². The Morgan fingerprint density at radius 3 is 2.30 bits per heavy atom. The van der Waals surface area contributed by atoms with E-state index in [2.05, 4.69) is 39.1 Å². The third kappa shape index (κ3) is 2.43. The summed E-state index contributed by atoms with van der Waals surface area (Å²) in [7, 11) is 0. The van der Waals surface area contributed by atoms with Gasteiger partial charge in [-0.05, 0) is 42.5 Å². The maximum Gasteiger partial charge on any atom is 0.224 e. The lowest BCUT2D eigenvalue weighted by Gasteiger charge is -2.23. The average molecular weight is 289 g/mol. The Labute approximate surface area is 123 Å². The summed E-state index contributed by atoms with van der Waals surface area (Å²) in [6, 6.07) is 8.57. The molecule has 5 heteroatoms. The number of aryl methyl sites for hydroxylation is 1. The van der Waals surface area contributed by atoms with Gasteiger partial charge in [0.05, 0.1) is 11.4 Å². The first kappa shape index (κ1) is 13.2. The maximum atomic E-state index is 6.11. The molecule has 0 spiro atoms. The van der Waals surface area contributed by atoms with Crippen LogP contribution in [0, 0.1) is 6.92 Å². The zero-order valence-electron chi connectivity index (χ0n) is 11.4. The maximum absolute atomic E-state index is 6.11. The highest BCUT2D eigenvalue weighted by Gasteiger charge is 2.18. The Balaban J connectivity index is 1.91. The zero-order valence-corrected chi connectivity index (χ0v) is 12.2. The van der Waals surface area contributed by atoms with Crippen molar-refractivity contribution in [2.45, 2.75) is 19.8 Å². The van der Waals surface area contributed by atoms with Crippen molar-refractivity contribution in [1.29, 1.82) is 0 Å². The summed E-state index contributed by atoms with van der Waals surface area (Å²) in [5.41, 5.74) is 10.3. The quantitative estimate of drug-likeness (QED) is 0.820. The van der Waals surface area contributed by atoms with Gasteiger partial charge in [-0.1, -0.05) is 24.3 Å². The number of fused-ring (bicyclic) bond motifs is 1. The summed E-state index contributed by atoms with van der Waals surface area (Å²) in [5, 5.41) is 0.258. The monoisotopic (exact) mass is 288 g/mol. The lowest BCUT2D eigenvalue weighted by molar-refractivity contribution is 0.788. The van der Waals surface area contributed by atoms with E-state index in [1.807, 2.05) is 6.92 Å². The summed E-state index contributed by atoms with van der Waals surface area (Å²) < 4.78 is 0. The Bertz CT molecular complexity index is 615. The average Bonchev–Trinajstić information content (AvgIpc) is 2.65. The number of nitrogens with zero attached hydrogens (tertiary/aromatic N) is 3. The molecule has 0 saturated heterocycles. The second-order valence-electron chi connectivity index (χ2n) is 5.07. The first-order chi connectivity index (χ1) is 9.65. The van der Waals surface area contributed by atoms with Crippen molar-refractivity contribution in [2.75, 3.05) is 23.7 Å². The SMILES string of the molecule is Cc1nc(Cl)nc(N2CCc3ccccc3CC2)c1N. The van der Waals surface area contributed by atoms with E-state index >= 15 is 0 Å². The van der Waals surface area contributed by atoms with Crippen molar-refractivity contribution in [3.8, 4) is 0 Å². The highest BCUT2D eigenvalue weighted by molar-refractivity contribution is 6.28. The number of nitrogen functional groups attached to an aromatic ring is 1. The molecule has 0 radical (unpaired) electrons. The summed E-state index contributed by atoms with van der Waals surface area (Å²) in [6.45, 7) is 3.65. The second-order valence-corrected chi connectivity index (χ2v) is 5.41. The minimum atomic E-state index is 0.258. The third-order valence-electron chi connectivity index (χ3n) is 3.81. The second kappa shape index (κ2) is 5.29. The highest BCUT2D eigenvalue weighted by Crippen LogP contribution is 2.27. The largest absolute Gasteiger partial charge is 0.394 e. The standard InChI is InChI=1S/C15H17ClN4/c1-10-13(17)14(19-15(16)18-10)20-8-6-11-4-2-3-5-12(11)7-9-20/h2-5H,6-9,17H2,1H3. The van der Waals surface area contributed by atoms with Crippen LogP contribution in [0.15, 0.2) is 24.3 Å². The fraction of sp³-hybridized carbons (Fsp3) is 0.333. The molecular formula is C15H17ClN4. The highest BCUT2D eigenvalue weighted by atomic mass is 35.5. The molecule has 2 aromatic rings. The normalized spacial score (nSPS) is 14.8. The van der Waals surface area contributed by atoms with Gasteiger partial charge in [0.1, 0.15) is 0 Å². The van der Waals surface area contributed by atoms with Crippen molar-refractivity contribution in [2.24, 2.45) is 0 Å². The number of nitrogens with two attached hydrogens (primary N) is 1. The molecule has 0 amide bonds. The topological polar surface area (TPSA) is 55.0 Å². The first-order valence-corrected chi connectivity index (χ1v) is 7.14. The molecular weight excluding hydrogens is 272 g/mol. The van der Waals surface area contributed by atoms with Crippen molar-refractivity contribution in [3.63, 3.8) is 0 Å². The summed E-state index contributed by atoms with van der Waals surface area (Å²) in [5.74, 6) is 0.760. The van der Waals surface area contributed by atoms with E-state index in [1.165, 1.54) is 11.1 Å². The van der Waals surface area contributed by atoms with Crippen LogP contribution in [-0.4, -0.2) is 23.1 Å². The smallest absolute Gasteiger partial charge is 0.224 e. The van der Waals surface area contributed by atoms with Crippen molar-refractivity contribution >= 4 is 23.1 Å². The molecule has 2 N–H and O–H groups in total. The predicted molar refractivity (Wildman–Crippen MR) is 82.3 cm³/mol. The van der Waals surface area contributed by atoms with Crippen LogP contribution in [0.5, 0.6) is 0 Å². The Morgan fingerprint density at radius 2 is 1.70 bits per heavy atom. The Morgan fingerprint density at radius 1 is 1.10 bits per heavy atom. The van der Waals surface area contributed by atoms with E-state index < -0.39 is 0 Å².